The van der Waals surface area contributed by atoms with E-state index in [2.05, 4.69) is 0 Å². The minimum absolute atomic E-state index is 0.0608. The molecule has 0 unspecified atom stereocenters. The summed E-state index contributed by atoms with van der Waals surface area (Å²) >= 11 is 0. The molecule has 0 amide bonds. The van der Waals surface area contributed by atoms with E-state index in [1.165, 1.54) is 12.1 Å². The number of hydrogen-bond acceptors (Lipinski definition) is 4. The summed E-state index contributed by atoms with van der Waals surface area (Å²) in [4.78, 5) is 10.2. The summed E-state index contributed by atoms with van der Waals surface area (Å²) in [5, 5.41) is 10.6. The molecule has 2 aromatic rings. The van der Waals surface area contributed by atoms with Crippen LogP contribution in [-0.4, -0.2) is 19.1 Å². The van der Waals surface area contributed by atoms with Gasteiger partial charge in [-0.2, -0.15) is 0 Å². The number of rotatable bonds is 4. The van der Waals surface area contributed by atoms with Gasteiger partial charge in [0.1, 0.15) is 0 Å². The van der Waals surface area contributed by atoms with Gasteiger partial charge < -0.3 is 9.47 Å². The van der Waals surface area contributed by atoms with Crippen LogP contribution in [0.5, 0.6) is 11.5 Å². The number of methoxy groups -OCH3 is 2. The van der Waals surface area contributed by atoms with E-state index in [4.69, 9.17) is 9.47 Å². The van der Waals surface area contributed by atoms with E-state index in [-0.39, 0.29) is 5.69 Å². The molecule has 0 saturated heterocycles. The molecule has 0 fully saturated rings. The molecule has 0 N–H and O–H groups in total. The maximum Gasteiger partial charge on any atom is 0.269 e. The summed E-state index contributed by atoms with van der Waals surface area (Å²) in [7, 11) is 3.13. The fraction of sp³-hybridized carbons (Fsp3) is 0.143. The molecule has 5 heteroatoms. The Morgan fingerprint density at radius 2 is 1.68 bits per heavy atom. The Labute approximate surface area is 110 Å². The van der Waals surface area contributed by atoms with E-state index in [9.17, 15) is 10.1 Å². The predicted molar refractivity (Wildman–Crippen MR) is 71.6 cm³/mol. The van der Waals surface area contributed by atoms with Crippen molar-refractivity contribution in [1.29, 1.82) is 0 Å². The normalized spacial score (nSPS) is 10.0. The zero-order valence-corrected chi connectivity index (χ0v) is 10.6. The quantitative estimate of drug-likeness (QED) is 0.624. The van der Waals surface area contributed by atoms with Crippen LogP contribution in [0.3, 0.4) is 0 Å². The SMILES string of the molecule is COc1cccc(-c2ccc([N+](=O)[O-])cc2)c1OC. The van der Waals surface area contributed by atoms with Gasteiger partial charge in [-0.3, -0.25) is 10.1 Å². The first-order chi connectivity index (χ1) is 9.17. The molecule has 0 atom stereocenters. The van der Waals surface area contributed by atoms with Gasteiger partial charge in [0.2, 0.25) is 0 Å². The van der Waals surface area contributed by atoms with Gasteiger partial charge in [-0.25, -0.2) is 0 Å². The molecule has 0 aliphatic carbocycles. The van der Waals surface area contributed by atoms with Crippen LogP contribution in [-0.2, 0) is 0 Å². The molecule has 2 aromatic carbocycles. The Morgan fingerprint density at radius 3 is 2.21 bits per heavy atom. The molecule has 0 bridgehead atoms. The lowest BCUT2D eigenvalue weighted by Gasteiger charge is -2.12. The summed E-state index contributed by atoms with van der Waals surface area (Å²) in [5.74, 6) is 1.23. The van der Waals surface area contributed by atoms with Gasteiger partial charge in [0, 0.05) is 17.7 Å². The second-order valence-corrected chi connectivity index (χ2v) is 3.85. The van der Waals surface area contributed by atoms with Crippen molar-refractivity contribution in [2.45, 2.75) is 0 Å². The molecule has 19 heavy (non-hydrogen) atoms. The first kappa shape index (κ1) is 12.9. The second-order valence-electron chi connectivity index (χ2n) is 3.85. The van der Waals surface area contributed by atoms with Gasteiger partial charge in [0.15, 0.2) is 11.5 Å². The van der Waals surface area contributed by atoms with Crippen LogP contribution in [0.1, 0.15) is 0 Å². The van der Waals surface area contributed by atoms with Crippen molar-refractivity contribution in [3.8, 4) is 22.6 Å². The number of benzene rings is 2. The van der Waals surface area contributed by atoms with E-state index in [1.54, 1.807) is 32.4 Å². The Bertz CT molecular complexity index is 593. The molecule has 0 radical (unpaired) electrons. The molecule has 0 saturated carbocycles. The third kappa shape index (κ3) is 2.49. The Morgan fingerprint density at radius 1 is 1.00 bits per heavy atom. The highest BCUT2D eigenvalue weighted by Crippen LogP contribution is 2.38. The minimum Gasteiger partial charge on any atom is -0.493 e. The first-order valence-electron chi connectivity index (χ1n) is 5.63. The minimum atomic E-state index is -0.424. The van der Waals surface area contributed by atoms with Crippen molar-refractivity contribution >= 4 is 5.69 Å². The fourth-order valence-corrected chi connectivity index (χ4v) is 1.88. The summed E-state index contributed by atoms with van der Waals surface area (Å²) in [5.41, 5.74) is 1.73. The molecule has 0 aliphatic heterocycles. The van der Waals surface area contributed by atoms with Crippen LogP contribution in [0.4, 0.5) is 5.69 Å². The van der Waals surface area contributed by atoms with Crippen molar-refractivity contribution in [1.82, 2.24) is 0 Å². The van der Waals surface area contributed by atoms with E-state index in [0.717, 1.165) is 11.1 Å². The molecule has 0 spiro atoms. The monoisotopic (exact) mass is 259 g/mol. The Balaban J connectivity index is 2.49. The van der Waals surface area contributed by atoms with Crippen molar-refractivity contribution in [2.75, 3.05) is 14.2 Å². The number of nitro benzene ring substituents is 1. The van der Waals surface area contributed by atoms with Gasteiger partial charge in [0.25, 0.3) is 5.69 Å². The maximum absolute atomic E-state index is 10.6. The van der Waals surface area contributed by atoms with Crippen LogP contribution in [0.2, 0.25) is 0 Å². The molecule has 2 rings (SSSR count). The van der Waals surface area contributed by atoms with Crippen molar-refractivity contribution in [3.63, 3.8) is 0 Å². The summed E-state index contributed by atoms with van der Waals surface area (Å²) in [6.07, 6.45) is 0. The van der Waals surface area contributed by atoms with Gasteiger partial charge >= 0.3 is 0 Å². The van der Waals surface area contributed by atoms with E-state index in [1.807, 2.05) is 12.1 Å². The van der Waals surface area contributed by atoms with E-state index < -0.39 is 4.92 Å². The Kier molecular flexibility index (Phi) is 3.66. The lowest BCUT2D eigenvalue weighted by Crippen LogP contribution is -1.93. The number of para-hydroxylation sites is 1. The van der Waals surface area contributed by atoms with Crippen LogP contribution in [0.25, 0.3) is 11.1 Å². The van der Waals surface area contributed by atoms with Crippen molar-refractivity contribution in [2.24, 2.45) is 0 Å². The molecule has 5 nitrogen and oxygen atoms in total. The van der Waals surface area contributed by atoms with Gasteiger partial charge in [-0.05, 0) is 23.8 Å². The zero-order valence-electron chi connectivity index (χ0n) is 10.6. The largest absolute Gasteiger partial charge is 0.493 e. The van der Waals surface area contributed by atoms with Gasteiger partial charge in [0.05, 0.1) is 19.1 Å². The summed E-state index contributed by atoms with van der Waals surface area (Å²) in [6.45, 7) is 0. The number of nitrogens with zero attached hydrogens (tertiary/aromatic N) is 1. The van der Waals surface area contributed by atoms with E-state index >= 15 is 0 Å². The standard InChI is InChI=1S/C14H13NO4/c1-18-13-5-3-4-12(14(13)19-2)10-6-8-11(9-7-10)15(16)17/h3-9H,1-2H3. The smallest absolute Gasteiger partial charge is 0.269 e. The maximum atomic E-state index is 10.6. The second kappa shape index (κ2) is 5.39. The average molecular weight is 259 g/mol. The molecule has 0 aromatic heterocycles. The molecular formula is C14H13NO4. The number of nitro groups is 1. The van der Waals surface area contributed by atoms with Crippen LogP contribution in [0, 0.1) is 10.1 Å². The van der Waals surface area contributed by atoms with Crippen LogP contribution in [0.15, 0.2) is 42.5 Å². The lowest BCUT2D eigenvalue weighted by molar-refractivity contribution is -0.384. The predicted octanol–water partition coefficient (Wildman–Crippen LogP) is 3.28. The average Bonchev–Trinajstić information content (AvgIpc) is 2.46. The highest BCUT2D eigenvalue weighted by atomic mass is 16.6. The highest BCUT2D eigenvalue weighted by Gasteiger charge is 2.12. The third-order valence-electron chi connectivity index (χ3n) is 2.79. The summed E-state index contributed by atoms with van der Waals surface area (Å²) in [6, 6.07) is 11.8. The lowest BCUT2D eigenvalue weighted by atomic mass is 10.0. The number of non-ortho nitro benzene ring substituents is 1. The molecule has 0 aliphatic rings. The van der Waals surface area contributed by atoms with Gasteiger partial charge in [-0.1, -0.05) is 12.1 Å². The molecule has 98 valence electrons. The topological polar surface area (TPSA) is 61.6 Å². The van der Waals surface area contributed by atoms with Crippen LogP contribution < -0.4 is 9.47 Å². The fourth-order valence-electron chi connectivity index (χ4n) is 1.88. The van der Waals surface area contributed by atoms with E-state index in [0.29, 0.717) is 11.5 Å². The summed E-state index contributed by atoms with van der Waals surface area (Å²) < 4.78 is 10.6. The highest BCUT2D eigenvalue weighted by molar-refractivity contribution is 5.74. The molecule has 0 heterocycles. The Hall–Kier alpha value is -2.56. The van der Waals surface area contributed by atoms with Gasteiger partial charge in [-0.15, -0.1) is 0 Å². The van der Waals surface area contributed by atoms with Crippen LogP contribution >= 0.6 is 0 Å². The van der Waals surface area contributed by atoms with Crippen molar-refractivity contribution in [3.05, 3.63) is 52.6 Å². The zero-order chi connectivity index (χ0) is 13.8. The third-order valence-corrected chi connectivity index (χ3v) is 2.79. The van der Waals surface area contributed by atoms with Crippen molar-refractivity contribution < 1.29 is 14.4 Å². The number of hydrogen-bond donors (Lipinski definition) is 0. The molecular weight excluding hydrogens is 246 g/mol. The number of ether oxygens (including phenoxy) is 2. The first-order valence-corrected chi connectivity index (χ1v) is 5.63.